The van der Waals surface area contributed by atoms with E-state index in [0.29, 0.717) is 16.9 Å². The maximum atomic E-state index is 13.8. The zero-order valence-corrected chi connectivity index (χ0v) is 14.7. The van der Waals surface area contributed by atoms with Crippen molar-refractivity contribution in [1.29, 1.82) is 0 Å². The molecule has 134 valence electrons. The van der Waals surface area contributed by atoms with E-state index in [9.17, 15) is 9.18 Å². The molecule has 0 spiro atoms. The summed E-state index contributed by atoms with van der Waals surface area (Å²) in [7, 11) is 0. The van der Waals surface area contributed by atoms with Crippen LogP contribution in [0.4, 0.5) is 15.8 Å². The third-order valence-electron chi connectivity index (χ3n) is 4.28. The van der Waals surface area contributed by atoms with Gasteiger partial charge in [0.1, 0.15) is 11.5 Å². The maximum Gasteiger partial charge on any atom is 0.256 e. The second-order valence-electron chi connectivity index (χ2n) is 5.94. The number of para-hydroxylation sites is 1. The molecular formula is C19H18ClFN4O. The molecule has 2 aromatic carbocycles. The van der Waals surface area contributed by atoms with Crippen molar-refractivity contribution in [3.63, 3.8) is 0 Å². The van der Waals surface area contributed by atoms with Crippen LogP contribution in [-0.4, -0.2) is 22.2 Å². The van der Waals surface area contributed by atoms with Crippen LogP contribution in [0.25, 0.3) is 5.69 Å². The number of hydrogen-bond acceptors (Lipinski definition) is 3. The second kappa shape index (κ2) is 7.58. The van der Waals surface area contributed by atoms with E-state index in [1.165, 1.54) is 16.9 Å². The summed E-state index contributed by atoms with van der Waals surface area (Å²) in [6, 6.07) is 12.0. The molecule has 26 heavy (non-hydrogen) atoms. The zero-order valence-electron chi connectivity index (χ0n) is 13.9. The molecule has 0 saturated carbocycles. The molecule has 3 aromatic rings. The van der Waals surface area contributed by atoms with Crippen molar-refractivity contribution in [3.05, 3.63) is 71.8 Å². The molecule has 0 aliphatic carbocycles. The zero-order chi connectivity index (χ0) is 17.2. The SMILES string of the molecule is Cl.O=C(Nc1cnn(-c2ccccc2F)c1)c1cccc2c1CCCN2. The minimum Gasteiger partial charge on any atom is -0.385 e. The van der Waals surface area contributed by atoms with E-state index < -0.39 is 0 Å². The Kier molecular flexibility index (Phi) is 5.23. The standard InChI is InChI=1S/C19H17FN4O.ClH/c20-16-7-1-2-9-18(16)24-12-13(11-22-24)23-19(25)15-5-3-8-17-14(15)6-4-10-21-17;/h1-3,5,7-9,11-12,21H,4,6,10H2,(H,23,25);1H. The molecule has 0 atom stereocenters. The summed E-state index contributed by atoms with van der Waals surface area (Å²) in [5, 5.41) is 10.3. The van der Waals surface area contributed by atoms with E-state index in [0.717, 1.165) is 30.6 Å². The number of carbonyl (C=O) groups is 1. The Morgan fingerprint density at radius 2 is 2.04 bits per heavy atom. The lowest BCUT2D eigenvalue weighted by molar-refractivity contribution is 0.102. The number of hydrogen-bond donors (Lipinski definition) is 2. The largest absolute Gasteiger partial charge is 0.385 e. The first-order valence-electron chi connectivity index (χ1n) is 8.19. The first kappa shape index (κ1) is 17.9. The van der Waals surface area contributed by atoms with Crippen molar-refractivity contribution in [2.45, 2.75) is 12.8 Å². The van der Waals surface area contributed by atoms with Gasteiger partial charge in [-0.25, -0.2) is 9.07 Å². The number of aromatic nitrogens is 2. The fourth-order valence-corrected chi connectivity index (χ4v) is 3.08. The Labute approximate surface area is 156 Å². The lowest BCUT2D eigenvalue weighted by atomic mass is 9.97. The third-order valence-corrected chi connectivity index (χ3v) is 4.28. The summed E-state index contributed by atoms with van der Waals surface area (Å²) in [4.78, 5) is 12.6. The summed E-state index contributed by atoms with van der Waals surface area (Å²) in [5.41, 5.74) is 3.57. The highest BCUT2D eigenvalue weighted by molar-refractivity contribution is 6.06. The summed E-state index contributed by atoms with van der Waals surface area (Å²) in [6.45, 7) is 0.924. The molecule has 0 bridgehead atoms. The molecule has 0 radical (unpaired) electrons. The summed E-state index contributed by atoms with van der Waals surface area (Å²) in [6.07, 6.45) is 4.99. The van der Waals surface area contributed by atoms with Crippen molar-refractivity contribution in [1.82, 2.24) is 9.78 Å². The number of carbonyl (C=O) groups excluding carboxylic acids is 1. The van der Waals surface area contributed by atoms with E-state index in [2.05, 4.69) is 15.7 Å². The summed E-state index contributed by atoms with van der Waals surface area (Å²) in [5.74, 6) is -0.555. The monoisotopic (exact) mass is 372 g/mol. The fourth-order valence-electron chi connectivity index (χ4n) is 3.08. The molecule has 1 aliphatic heterocycles. The van der Waals surface area contributed by atoms with Crippen LogP contribution >= 0.6 is 12.4 Å². The second-order valence-corrected chi connectivity index (χ2v) is 5.94. The minimum absolute atomic E-state index is 0. The first-order chi connectivity index (χ1) is 12.2. The van der Waals surface area contributed by atoms with Crippen molar-refractivity contribution in [2.24, 2.45) is 0 Å². The number of nitrogens with zero attached hydrogens (tertiary/aromatic N) is 2. The van der Waals surface area contributed by atoms with Gasteiger partial charge in [0.2, 0.25) is 0 Å². The van der Waals surface area contributed by atoms with Gasteiger partial charge < -0.3 is 10.6 Å². The van der Waals surface area contributed by atoms with E-state index in [1.54, 1.807) is 24.4 Å². The predicted octanol–water partition coefficient (Wildman–Crippen LogP) is 4.04. The lowest BCUT2D eigenvalue weighted by Crippen LogP contribution is -2.19. The van der Waals surface area contributed by atoms with Gasteiger partial charge in [0.15, 0.2) is 0 Å². The van der Waals surface area contributed by atoms with Crippen LogP contribution in [0.3, 0.4) is 0 Å². The number of fused-ring (bicyclic) bond motifs is 1. The van der Waals surface area contributed by atoms with Crippen molar-refractivity contribution >= 4 is 29.7 Å². The van der Waals surface area contributed by atoms with Crippen molar-refractivity contribution in [3.8, 4) is 5.69 Å². The number of halogens is 2. The Morgan fingerprint density at radius 3 is 2.88 bits per heavy atom. The molecule has 1 amide bonds. The molecule has 1 aromatic heterocycles. The number of nitrogens with one attached hydrogen (secondary N) is 2. The number of amides is 1. The number of anilines is 2. The molecule has 2 heterocycles. The van der Waals surface area contributed by atoms with Crippen LogP contribution < -0.4 is 10.6 Å². The number of rotatable bonds is 3. The molecule has 0 fully saturated rings. The smallest absolute Gasteiger partial charge is 0.256 e. The quantitative estimate of drug-likeness (QED) is 0.729. The van der Waals surface area contributed by atoms with Gasteiger partial charge in [-0.05, 0) is 42.7 Å². The van der Waals surface area contributed by atoms with Gasteiger partial charge in [0.25, 0.3) is 5.91 Å². The molecule has 2 N–H and O–H groups in total. The highest BCUT2D eigenvalue weighted by atomic mass is 35.5. The Morgan fingerprint density at radius 1 is 1.19 bits per heavy atom. The predicted molar refractivity (Wildman–Crippen MR) is 102 cm³/mol. The van der Waals surface area contributed by atoms with Crippen LogP contribution in [0.2, 0.25) is 0 Å². The van der Waals surface area contributed by atoms with E-state index in [-0.39, 0.29) is 24.1 Å². The van der Waals surface area contributed by atoms with Gasteiger partial charge in [0, 0.05) is 17.8 Å². The Balaban J connectivity index is 0.00000196. The van der Waals surface area contributed by atoms with Gasteiger partial charge in [-0.3, -0.25) is 4.79 Å². The van der Waals surface area contributed by atoms with Gasteiger partial charge >= 0.3 is 0 Å². The van der Waals surface area contributed by atoms with Crippen LogP contribution in [0.5, 0.6) is 0 Å². The van der Waals surface area contributed by atoms with Crippen LogP contribution in [0.15, 0.2) is 54.9 Å². The van der Waals surface area contributed by atoms with Crippen LogP contribution in [-0.2, 0) is 6.42 Å². The van der Waals surface area contributed by atoms with E-state index >= 15 is 0 Å². The van der Waals surface area contributed by atoms with Gasteiger partial charge in [-0.2, -0.15) is 5.10 Å². The summed E-state index contributed by atoms with van der Waals surface area (Å²) < 4.78 is 15.3. The average Bonchev–Trinajstić information content (AvgIpc) is 3.09. The number of benzene rings is 2. The Bertz CT molecular complexity index is 941. The molecule has 1 aliphatic rings. The fraction of sp³-hybridized carbons (Fsp3) is 0.158. The van der Waals surface area contributed by atoms with E-state index in [1.807, 2.05) is 18.2 Å². The molecule has 0 saturated heterocycles. The van der Waals surface area contributed by atoms with Crippen molar-refractivity contribution < 1.29 is 9.18 Å². The van der Waals surface area contributed by atoms with Gasteiger partial charge in [-0.1, -0.05) is 18.2 Å². The Hall–Kier alpha value is -2.86. The van der Waals surface area contributed by atoms with Gasteiger partial charge in [-0.15, -0.1) is 12.4 Å². The molecule has 5 nitrogen and oxygen atoms in total. The molecule has 4 rings (SSSR count). The average molecular weight is 373 g/mol. The lowest BCUT2D eigenvalue weighted by Gasteiger charge is -2.20. The van der Waals surface area contributed by atoms with Gasteiger partial charge in [0.05, 0.1) is 18.1 Å². The molecular weight excluding hydrogens is 355 g/mol. The third kappa shape index (κ3) is 3.41. The van der Waals surface area contributed by atoms with E-state index in [4.69, 9.17) is 0 Å². The van der Waals surface area contributed by atoms with Crippen LogP contribution in [0.1, 0.15) is 22.3 Å². The molecule has 7 heteroatoms. The normalized spacial score (nSPS) is 12.5. The minimum atomic E-state index is -0.369. The summed E-state index contributed by atoms with van der Waals surface area (Å²) >= 11 is 0. The van der Waals surface area contributed by atoms with Crippen LogP contribution in [0, 0.1) is 5.82 Å². The highest BCUT2D eigenvalue weighted by Gasteiger charge is 2.18. The maximum absolute atomic E-state index is 13.8. The van der Waals surface area contributed by atoms with Crippen molar-refractivity contribution in [2.75, 3.05) is 17.2 Å². The first-order valence-corrected chi connectivity index (χ1v) is 8.19. The molecule has 0 unspecified atom stereocenters. The topological polar surface area (TPSA) is 59.0 Å². The highest BCUT2D eigenvalue weighted by Crippen LogP contribution is 2.26.